The summed E-state index contributed by atoms with van der Waals surface area (Å²) in [5.41, 5.74) is 19.4. The van der Waals surface area contributed by atoms with Gasteiger partial charge in [0.25, 0.3) is 0 Å². The van der Waals surface area contributed by atoms with Crippen LogP contribution in [-0.2, 0) is 5.41 Å². The van der Waals surface area contributed by atoms with E-state index < -0.39 is 0 Å². The molecule has 2 aromatic heterocycles. The van der Waals surface area contributed by atoms with Crippen molar-refractivity contribution in [3.8, 4) is 44.8 Å². The van der Waals surface area contributed by atoms with Crippen LogP contribution in [0.1, 0.15) is 25.0 Å². The number of fused-ring (bicyclic) bond motifs is 8. The van der Waals surface area contributed by atoms with Crippen molar-refractivity contribution in [3.05, 3.63) is 236 Å². The fourth-order valence-electron chi connectivity index (χ4n) is 10.1. The number of para-hydroxylation sites is 2. The van der Waals surface area contributed by atoms with Crippen LogP contribution >= 0.6 is 0 Å². The molecule has 0 N–H and O–H groups in total. The zero-order valence-corrected chi connectivity index (χ0v) is 34.7. The Morgan fingerprint density at radius 2 is 0.935 bits per heavy atom. The van der Waals surface area contributed by atoms with E-state index in [0.717, 1.165) is 28.4 Å². The zero-order chi connectivity index (χ0) is 41.4. The molecule has 0 amide bonds. The lowest BCUT2D eigenvalue weighted by molar-refractivity contribution is 0.660. The topological polar surface area (TPSA) is 13.1 Å². The minimum Gasteiger partial charge on any atom is -0.316 e. The van der Waals surface area contributed by atoms with Gasteiger partial charge in [0.15, 0.2) is 0 Å². The highest BCUT2D eigenvalue weighted by Crippen LogP contribution is 2.51. The predicted molar refractivity (Wildman–Crippen MR) is 261 cm³/mol. The third-order valence-electron chi connectivity index (χ3n) is 13.2. The van der Waals surface area contributed by atoms with Crippen molar-refractivity contribution in [3.63, 3.8) is 0 Å². The number of nitrogens with zero attached hydrogens (tertiary/aromatic N) is 3. The minimum absolute atomic E-state index is 0.0979. The SMILES string of the molecule is CC1(C)c2ccccc2-c2ccc(N(c3ccc(-c4ccccc4)cc3)c3ccc(-c4ccc(-n5c6ccccc6c6ccc7c(ccn7-c7ccccc7)c65)cc4)cc3)cc21. The van der Waals surface area contributed by atoms with Gasteiger partial charge in [-0.2, -0.15) is 0 Å². The van der Waals surface area contributed by atoms with Gasteiger partial charge < -0.3 is 14.0 Å². The van der Waals surface area contributed by atoms with Crippen LogP contribution in [0.4, 0.5) is 17.1 Å². The Bertz CT molecular complexity index is 3450. The summed E-state index contributed by atoms with van der Waals surface area (Å²) in [7, 11) is 0. The van der Waals surface area contributed by atoms with Crippen LogP contribution in [0.3, 0.4) is 0 Å². The van der Waals surface area contributed by atoms with Crippen LogP contribution < -0.4 is 4.90 Å². The molecule has 3 heteroatoms. The Morgan fingerprint density at radius 1 is 0.371 bits per heavy atom. The van der Waals surface area contributed by atoms with Gasteiger partial charge in [0, 0.05) is 56.2 Å². The standard InChI is InChI=1S/C59H43N3/c1-59(2)54-19-11-9-17-49(54)50-34-33-48(39-55(50)59)61(45-27-21-41(22-28-45)40-13-5-3-6-14-40)46-29-23-42(24-30-46)43-25-31-47(32-26-43)62-57-20-12-10-18-51(57)52-35-36-56-53(58(52)62)37-38-60(56)44-15-7-4-8-16-44/h3-39H,1-2H3. The summed E-state index contributed by atoms with van der Waals surface area (Å²) in [6.45, 7) is 4.70. The number of aromatic nitrogens is 2. The van der Waals surface area contributed by atoms with E-state index >= 15 is 0 Å². The molecule has 3 nitrogen and oxygen atoms in total. The van der Waals surface area contributed by atoms with Crippen LogP contribution in [0.15, 0.2) is 225 Å². The Morgan fingerprint density at radius 3 is 1.65 bits per heavy atom. The fraction of sp³-hybridized carbons (Fsp3) is 0.0508. The van der Waals surface area contributed by atoms with Gasteiger partial charge in [0.1, 0.15) is 0 Å². The lowest BCUT2D eigenvalue weighted by Gasteiger charge is -2.28. The second-order valence-electron chi connectivity index (χ2n) is 17.0. The van der Waals surface area contributed by atoms with E-state index in [1.807, 2.05) is 0 Å². The summed E-state index contributed by atoms with van der Waals surface area (Å²) in [6.07, 6.45) is 2.19. The van der Waals surface area contributed by atoms with Crippen molar-refractivity contribution in [2.45, 2.75) is 19.3 Å². The van der Waals surface area contributed by atoms with E-state index in [4.69, 9.17) is 0 Å². The molecule has 0 radical (unpaired) electrons. The fourth-order valence-corrected chi connectivity index (χ4v) is 10.1. The molecule has 0 aliphatic heterocycles. The van der Waals surface area contributed by atoms with E-state index in [2.05, 4.69) is 252 Å². The van der Waals surface area contributed by atoms with Crippen molar-refractivity contribution >= 4 is 49.8 Å². The van der Waals surface area contributed by atoms with E-state index in [1.54, 1.807) is 0 Å². The van der Waals surface area contributed by atoms with Gasteiger partial charge in [-0.15, -0.1) is 0 Å². The first-order valence-electron chi connectivity index (χ1n) is 21.5. The van der Waals surface area contributed by atoms with Gasteiger partial charge in [-0.05, 0) is 123 Å². The van der Waals surface area contributed by atoms with E-state index in [9.17, 15) is 0 Å². The highest BCUT2D eigenvalue weighted by atomic mass is 15.1. The molecule has 294 valence electrons. The molecule has 62 heavy (non-hydrogen) atoms. The number of rotatable bonds is 7. The summed E-state index contributed by atoms with van der Waals surface area (Å²) >= 11 is 0. The second-order valence-corrected chi connectivity index (χ2v) is 17.0. The van der Waals surface area contributed by atoms with Crippen LogP contribution in [0, 0.1) is 0 Å². The minimum atomic E-state index is -0.0979. The van der Waals surface area contributed by atoms with Gasteiger partial charge in [-0.3, -0.25) is 0 Å². The number of benzene rings is 9. The highest BCUT2D eigenvalue weighted by Gasteiger charge is 2.35. The van der Waals surface area contributed by atoms with Gasteiger partial charge in [0.05, 0.1) is 16.6 Å². The molecule has 0 spiro atoms. The molecule has 0 unspecified atom stereocenters. The Labute approximate surface area is 362 Å². The van der Waals surface area contributed by atoms with Gasteiger partial charge >= 0.3 is 0 Å². The number of hydrogen-bond donors (Lipinski definition) is 0. The Hall–Kier alpha value is -7.88. The maximum Gasteiger partial charge on any atom is 0.0635 e. The van der Waals surface area contributed by atoms with Crippen LogP contribution in [0.25, 0.3) is 77.5 Å². The second kappa shape index (κ2) is 14.1. The van der Waals surface area contributed by atoms with Crippen molar-refractivity contribution in [2.75, 3.05) is 4.90 Å². The third kappa shape index (κ3) is 5.66. The zero-order valence-electron chi connectivity index (χ0n) is 34.7. The Kier molecular flexibility index (Phi) is 8.20. The molecule has 9 aromatic carbocycles. The molecule has 12 rings (SSSR count). The molecule has 11 aromatic rings. The van der Waals surface area contributed by atoms with Gasteiger partial charge in [-0.1, -0.05) is 153 Å². The van der Waals surface area contributed by atoms with Crippen LogP contribution in [0.2, 0.25) is 0 Å². The maximum atomic E-state index is 2.44. The summed E-state index contributed by atoms with van der Waals surface area (Å²) in [4.78, 5) is 2.40. The van der Waals surface area contributed by atoms with Gasteiger partial charge in [-0.25, -0.2) is 0 Å². The predicted octanol–water partition coefficient (Wildman–Crippen LogP) is 15.8. The number of hydrogen-bond acceptors (Lipinski definition) is 1. The van der Waals surface area contributed by atoms with E-state index in [0.29, 0.717) is 0 Å². The quantitative estimate of drug-likeness (QED) is 0.157. The highest BCUT2D eigenvalue weighted by molar-refractivity contribution is 6.18. The van der Waals surface area contributed by atoms with Crippen molar-refractivity contribution in [1.82, 2.24) is 9.13 Å². The molecular formula is C59H43N3. The molecule has 0 fully saturated rings. The molecule has 0 bridgehead atoms. The molecule has 0 saturated carbocycles. The van der Waals surface area contributed by atoms with Crippen LogP contribution in [0.5, 0.6) is 0 Å². The first-order valence-corrected chi connectivity index (χ1v) is 21.5. The maximum absolute atomic E-state index is 2.44. The van der Waals surface area contributed by atoms with E-state index in [1.165, 1.54) is 77.2 Å². The van der Waals surface area contributed by atoms with Crippen LogP contribution in [-0.4, -0.2) is 9.13 Å². The first-order chi connectivity index (χ1) is 30.5. The number of anilines is 3. The average Bonchev–Trinajstić information content (AvgIpc) is 3.99. The largest absolute Gasteiger partial charge is 0.316 e. The van der Waals surface area contributed by atoms with Gasteiger partial charge in [0.2, 0.25) is 0 Å². The molecule has 1 aliphatic carbocycles. The molecular weight excluding hydrogens is 751 g/mol. The smallest absolute Gasteiger partial charge is 0.0635 e. The monoisotopic (exact) mass is 793 g/mol. The molecule has 2 heterocycles. The molecule has 1 aliphatic rings. The normalized spacial score (nSPS) is 12.8. The molecule has 0 saturated heterocycles. The van der Waals surface area contributed by atoms with Crippen molar-refractivity contribution in [2.24, 2.45) is 0 Å². The van der Waals surface area contributed by atoms with Crippen molar-refractivity contribution in [1.29, 1.82) is 0 Å². The first kappa shape index (κ1) is 36.0. The van der Waals surface area contributed by atoms with Crippen molar-refractivity contribution < 1.29 is 0 Å². The van der Waals surface area contributed by atoms with E-state index in [-0.39, 0.29) is 5.41 Å². The summed E-state index contributed by atoms with van der Waals surface area (Å²) in [5.74, 6) is 0. The lowest BCUT2D eigenvalue weighted by Crippen LogP contribution is -2.16. The summed E-state index contributed by atoms with van der Waals surface area (Å²) in [6, 6.07) is 79.8. The summed E-state index contributed by atoms with van der Waals surface area (Å²) < 4.78 is 4.72. The Balaban J connectivity index is 0.923. The average molecular weight is 794 g/mol. The lowest BCUT2D eigenvalue weighted by atomic mass is 9.82. The summed E-state index contributed by atoms with van der Waals surface area (Å²) in [5, 5.41) is 3.75. The third-order valence-corrected chi connectivity index (χ3v) is 13.2. The molecule has 0 atom stereocenters.